The molecule has 125 heavy (non-hydrogen) atoms. The number of esters is 10. The normalized spacial score (nSPS) is 25.7. The van der Waals surface area contributed by atoms with Crippen molar-refractivity contribution in [2.75, 3.05) is 26.4 Å². The molecular weight excluding hydrogens is 1630 g/mol. The molecule has 0 unspecified atom stereocenters. The summed E-state index contributed by atoms with van der Waals surface area (Å²) in [5, 5.41) is 48.9. The number of benzene rings is 10. The van der Waals surface area contributed by atoms with E-state index in [1.54, 1.807) is 72.8 Å². The highest BCUT2D eigenvalue weighted by Crippen LogP contribution is 2.38. The molecule has 0 aliphatic carbocycles. The van der Waals surface area contributed by atoms with Gasteiger partial charge in [0.15, 0.2) is 86.2 Å². The minimum absolute atomic E-state index is 0.0210. The first-order valence-corrected chi connectivity index (χ1v) is 39.6. The monoisotopic (exact) mass is 1710 g/mol. The molecular formula is C94H82O31. The van der Waals surface area contributed by atoms with Gasteiger partial charge in [-0.15, -0.1) is 0 Å². The molecule has 14 rings (SSSR count). The van der Waals surface area contributed by atoms with E-state index >= 15 is 0 Å². The van der Waals surface area contributed by atoms with Crippen LogP contribution >= 0.6 is 0 Å². The average Bonchev–Trinajstić information content (AvgIpc) is 0.746. The predicted molar refractivity (Wildman–Crippen MR) is 430 cm³/mol. The van der Waals surface area contributed by atoms with E-state index in [1.165, 1.54) is 231 Å². The van der Waals surface area contributed by atoms with Crippen molar-refractivity contribution in [3.8, 4) is 0 Å². The fraction of sp³-hybridized carbons (Fsp3) is 0.255. The zero-order chi connectivity index (χ0) is 87.3. The average molecular weight is 1710 g/mol. The molecule has 0 aromatic heterocycles. The van der Waals surface area contributed by atoms with Gasteiger partial charge in [-0.2, -0.15) is 0 Å². The molecule has 0 amide bonds. The van der Waals surface area contributed by atoms with Crippen molar-refractivity contribution < 1.29 is 149 Å². The highest BCUT2D eigenvalue weighted by Gasteiger charge is 2.59. The van der Waals surface area contributed by atoms with E-state index in [9.17, 15) is 68.4 Å². The topological polar surface area (TPSA) is 409 Å². The summed E-state index contributed by atoms with van der Waals surface area (Å²) in [5.41, 5.74) is -0.653. The number of carbonyl (C=O) groups is 10. The van der Waals surface area contributed by atoms with Crippen molar-refractivity contribution >= 4 is 59.7 Å². The lowest BCUT2D eigenvalue weighted by atomic mass is 9.96. The Hall–Kier alpha value is -13.5. The maximum Gasteiger partial charge on any atom is 0.338 e. The van der Waals surface area contributed by atoms with Crippen LogP contribution in [0.5, 0.6) is 0 Å². The second-order valence-electron chi connectivity index (χ2n) is 28.7. The fourth-order valence-corrected chi connectivity index (χ4v) is 14.1. The molecule has 4 aliphatic rings. The molecule has 4 N–H and O–H groups in total. The quantitative estimate of drug-likeness (QED) is 0.0241. The minimum atomic E-state index is -2.30. The van der Waals surface area contributed by atoms with E-state index in [0.717, 1.165) is 0 Å². The second-order valence-corrected chi connectivity index (χ2v) is 28.7. The third-order valence-corrected chi connectivity index (χ3v) is 20.4. The van der Waals surface area contributed by atoms with Gasteiger partial charge in [-0.05, 0) is 121 Å². The summed E-state index contributed by atoms with van der Waals surface area (Å²) < 4.78 is 107. The van der Waals surface area contributed by atoms with Crippen LogP contribution in [0.3, 0.4) is 0 Å². The van der Waals surface area contributed by atoms with Crippen molar-refractivity contribution in [3.05, 3.63) is 359 Å². The van der Waals surface area contributed by atoms with Gasteiger partial charge in [0.1, 0.15) is 36.6 Å². The molecule has 10 aromatic carbocycles. The van der Waals surface area contributed by atoms with Gasteiger partial charge in [0.2, 0.25) is 0 Å². The number of hydrogen-bond acceptors (Lipinski definition) is 31. The molecule has 10 aromatic rings. The third-order valence-electron chi connectivity index (χ3n) is 20.4. The first kappa shape index (κ1) is 87.8. The van der Waals surface area contributed by atoms with E-state index in [2.05, 4.69) is 0 Å². The van der Waals surface area contributed by atoms with Crippen LogP contribution in [0.25, 0.3) is 0 Å². The number of rotatable bonds is 30. The molecule has 4 aliphatic heterocycles. The number of aliphatic hydroxyl groups excluding tert-OH is 4. The Bertz CT molecular complexity index is 5270. The highest BCUT2D eigenvalue weighted by molar-refractivity contribution is 5.94. The Labute approximate surface area is 713 Å². The van der Waals surface area contributed by atoms with Crippen molar-refractivity contribution in [3.63, 3.8) is 0 Å². The van der Waals surface area contributed by atoms with Gasteiger partial charge >= 0.3 is 59.7 Å². The number of ether oxygens (including phenoxy) is 17. The second kappa shape index (κ2) is 42.0. The van der Waals surface area contributed by atoms with Gasteiger partial charge in [-0.1, -0.05) is 182 Å². The molecule has 20 atom stereocenters. The van der Waals surface area contributed by atoms with Crippen LogP contribution in [-0.4, -0.2) is 229 Å². The number of carbonyl (C=O) groups excluding carboxylic acids is 10. The Morgan fingerprint density at radius 3 is 0.640 bits per heavy atom. The lowest BCUT2D eigenvalue weighted by molar-refractivity contribution is -0.344. The van der Waals surface area contributed by atoms with E-state index in [1.807, 2.05) is 0 Å². The molecule has 0 saturated carbocycles. The summed E-state index contributed by atoms with van der Waals surface area (Å²) >= 11 is 0. The molecule has 4 heterocycles. The predicted octanol–water partition coefficient (Wildman–Crippen LogP) is 8.90. The van der Waals surface area contributed by atoms with Gasteiger partial charge in [-0.25, -0.2) is 47.9 Å². The van der Waals surface area contributed by atoms with Crippen LogP contribution in [-0.2, 0) is 80.5 Å². The molecule has 0 bridgehead atoms. The van der Waals surface area contributed by atoms with Crippen molar-refractivity contribution in [2.24, 2.45) is 0 Å². The lowest BCUT2D eigenvalue weighted by Gasteiger charge is -2.47. The zero-order valence-electron chi connectivity index (χ0n) is 66.1. The molecule has 31 nitrogen and oxygen atoms in total. The maximum atomic E-state index is 15.0. The molecule has 31 heteroatoms. The number of hydrogen-bond donors (Lipinski definition) is 4. The Morgan fingerprint density at radius 2 is 0.384 bits per heavy atom. The molecule has 644 valence electrons. The highest BCUT2D eigenvalue weighted by atomic mass is 16.8. The first-order valence-electron chi connectivity index (χ1n) is 39.6. The van der Waals surface area contributed by atoms with Gasteiger partial charge in [0, 0.05) is 0 Å². The SMILES string of the molecule is O=C(O[C@@H]1[C@@H](OC(=O)c2ccccc2)[C@@H](O)O[C@H](CO[C@@H]2O[C@H](CO[C@@H]3O[C@H](CO[C@@H]4O[C@H](CO)[C@@H](OC(=O)c5ccccc5)[C@H](O)[C@H]4OC(=O)c4ccccc4)[C@@H](OC(=O)c4ccccc4)[C@H](OC(=O)c4ccccc4)[C@H]3OC(=O)c3ccccc3)[C@@H](OC(=O)c3ccccc3)[C@H](O)[C@H]2OC(=O)c2ccccc2)[C@H]1OC(=O)c1ccccc1)c1ccccc1. The summed E-state index contributed by atoms with van der Waals surface area (Å²) in [4.78, 5) is 145. The van der Waals surface area contributed by atoms with Gasteiger partial charge in [-0.3, -0.25) is 0 Å². The summed E-state index contributed by atoms with van der Waals surface area (Å²) in [6.07, 6.45) is -40.7. The van der Waals surface area contributed by atoms with Crippen LogP contribution in [0, 0.1) is 0 Å². The van der Waals surface area contributed by atoms with Crippen LogP contribution in [0.15, 0.2) is 303 Å². The maximum absolute atomic E-state index is 15.0. The van der Waals surface area contributed by atoms with Gasteiger partial charge in [0.25, 0.3) is 0 Å². The molecule has 0 radical (unpaired) electrons. The molecule has 4 fully saturated rings. The van der Waals surface area contributed by atoms with Gasteiger partial charge < -0.3 is 101 Å². The van der Waals surface area contributed by atoms with E-state index in [-0.39, 0.29) is 55.6 Å². The minimum Gasteiger partial charge on any atom is -0.453 e. The largest absolute Gasteiger partial charge is 0.453 e. The lowest BCUT2D eigenvalue weighted by Crippen LogP contribution is -2.65. The van der Waals surface area contributed by atoms with Crippen molar-refractivity contribution in [1.82, 2.24) is 0 Å². The van der Waals surface area contributed by atoms with Crippen LogP contribution < -0.4 is 0 Å². The number of aliphatic hydroxyl groups is 4. The van der Waals surface area contributed by atoms with Crippen LogP contribution in [0.2, 0.25) is 0 Å². The van der Waals surface area contributed by atoms with E-state index < -0.39 is 209 Å². The standard InChI is InChI=1S/C94H82O31/c95-51-65-71(116-81(98)55-31-11-1-12-32-55)69(96)75(120-85(102)59-39-19-5-20-40-59)92(113-65)110-54-68-74(119-84(101)58-37-17-4-18-38-58)78(123-88(105)62-45-25-8-26-46-62)80(125-90(107)64-49-29-10-30-50-64)94(115-68)111-52-66-72(117-82(99)56-33-13-2-14-34-56)70(97)76(121-86(103)60-41-21-6-22-42-60)93(114-66)109-53-67-73(118-83(100)57-35-15-3-16-36-57)77(122-87(104)61-43-23-7-24-44-61)79(91(108)112-67)124-89(106)63-47-27-9-28-48-63/h1-50,65-80,91-97,108H,51-54H2/t65-,66-,67-,68-,69+,70+,71-,72-,73-,74-,75-,76-,77+,78+,79-,80-,91+,92-,93-,94-/m1/s1. The third kappa shape index (κ3) is 21.9. The fourth-order valence-electron chi connectivity index (χ4n) is 14.1. The van der Waals surface area contributed by atoms with E-state index in [4.69, 9.17) is 80.5 Å². The Kier molecular flexibility index (Phi) is 29.5. The van der Waals surface area contributed by atoms with Crippen molar-refractivity contribution in [2.45, 2.75) is 123 Å². The summed E-state index contributed by atoms with van der Waals surface area (Å²) in [6, 6.07) is 74.3. The van der Waals surface area contributed by atoms with E-state index in [0.29, 0.717) is 0 Å². The smallest absolute Gasteiger partial charge is 0.338 e. The molecule has 4 saturated heterocycles. The Morgan fingerprint density at radius 1 is 0.208 bits per heavy atom. The first-order chi connectivity index (χ1) is 60.8. The Balaban J connectivity index is 0.860. The summed E-state index contributed by atoms with van der Waals surface area (Å²) in [5.74, 6) is -10.9. The summed E-state index contributed by atoms with van der Waals surface area (Å²) in [7, 11) is 0. The summed E-state index contributed by atoms with van der Waals surface area (Å²) in [6.45, 7) is -4.02. The van der Waals surface area contributed by atoms with Crippen molar-refractivity contribution in [1.29, 1.82) is 0 Å². The molecule has 0 spiro atoms. The van der Waals surface area contributed by atoms with Gasteiger partial charge in [0.05, 0.1) is 82.1 Å². The van der Waals surface area contributed by atoms with Crippen LogP contribution in [0.4, 0.5) is 0 Å². The van der Waals surface area contributed by atoms with Crippen LogP contribution in [0.1, 0.15) is 104 Å². The zero-order valence-corrected chi connectivity index (χ0v) is 66.1.